The Bertz CT molecular complexity index is 613. The third-order valence-corrected chi connectivity index (χ3v) is 3.78. The molecular weight excluding hydrogens is 240 g/mol. The van der Waals surface area contributed by atoms with Crippen LogP contribution in [0.25, 0.3) is 11.3 Å². The van der Waals surface area contributed by atoms with Crippen LogP contribution in [0.2, 0.25) is 0 Å². The summed E-state index contributed by atoms with van der Waals surface area (Å²) in [6.45, 7) is 1.03. The van der Waals surface area contributed by atoms with E-state index in [-0.39, 0.29) is 0 Å². The summed E-state index contributed by atoms with van der Waals surface area (Å²) in [4.78, 5) is 2.18. The van der Waals surface area contributed by atoms with E-state index in [9.17, 15) is 5.11 Å². The molecule has 0 amide bonds. The van der Waals surface area contributed by atoms with Gasteiger partial charge in [-0.05, 0) is 25.0 Å². The van der Waals surface area contributed by atoms with E-state index in [1.807, 2.05) is 6.07 Å². The summed E-state index contributed by atoms with van der Waals surface area (Å²) in [6.07, 6.45) is 1.96. The van der Waals surface area contributed by atoms with Gasteiger partial charge in [-0.1, -0.05) is 0 Å². The molecule has 0 saturated carbocycles. The molecular formula is C14H18N4O. The number of benzene rings is 1. The minimum absolute atomic E-state index is 0.335. The molecule has 1 aliphatic heterocycles. The lowest BCUT2D eigenvalue weighted by Crippen LogP contribution is -2.24. The van der Waals surface area contributed by atoms with Crippen LogP contribution < -0.4 is 10.6 Å². The van der Waals surface area contributed by atoms with Crippen molar-refractivity contribution in [2.45, 2.75) is 12.8 Å². The third kappa shape index (κ3) is 1.82. The standard InChI is InChI=1S/C14H18N4O/c1-17-7-3-4-10-12(17)6-5-9(14(10)19)11-8-13(15)18(2)16-11/h5-6,8,19H,3-4,7,15H2,1-2H3. The van der Waals surface area contributed by atoms with Crippen molar-refractivity contribution in [3.63, 3.8) is 0 Å². The van der Waals surface area contributed by atoms with E-state index in [2.05, 4.69) is 23.1 Å². The fourth-order valence-electron chi connectivity index (χ4n) is 2.66. The monoisotopic (exact) mass is 258 g/mol. The summed E-state index contributed by atoms with van der Waals surface area (Å²) in [5.41, 5.74) is 9.38. The predicted octanol–water partition coefficient (Wildman–Crippen LogP) is 1.76. The van der Waals surface area contributed by atoms with Gasteiger partial charge in [-0.3, -0.25) is 4.68 Å². The van der Waals surface area contributed by atoms with Crippen molar-refractivity contribution in [1.82, 2.24) is 9.78 Å². The lowest BCUT2D eigenvalue weighted by molar-refractivity contribution is 0.467. The third-order valence-electron chi connectivity index (χ3n) is 3.78. The zero-order valence-electron chi connectivity index (χ0n) is 11.2. The summed E-state index contributed by atoms with van der Waals surface area (Å²) in [6, 6.07) is 5.75. The predicted molar refractivity (Wildman–Crippen MR) is 76.3 cm³/mol. The average Bonchev–Trinajstić information content (AvgIpc) is 2.71. The highest BCUT2D eigenvalue weighted by Gasteiger charge is 2.20. The lowest BCUT2D eigenvalue weighted by atomic mass is 9.97. The first-order valence-electron chi connectivity index (χ1n) is 6.44. The first-order chi connectivity index (χ1) is 9.08. The van der Waals surface area contributed by atoms with Crippen LogP contribution in [0.3, 0.4) is 0 Å². The first-order valence-corrected chi connectivity index (χ1v) is 6.44. The molecule has 2 heterocycles. The van der Waals surface area contributed by atoms with Gasteiger partial charge in [0.25, 0.3) is 0 Å². The average molecular weight is 258 g/mol. The molecule has 0 atom stereocenters. The van der Waals surface area contributed by atoms with Crippen LogP contribution in [0, 0.1) is 0 Å². The van der Waals surface area contributed by atoms with Crippen molar-refractivity contribution in [2.75, 3.05) is 24.2 Å². The largest absolute Gasteiger partial charge is 0.507 e. The molecule has 100 valence electrons. The Balaban J connectivity index is 2.13. The van der Waals surface area contributed by atoms with Crippen molar-refractivity contribution in [1.29, 1.82) is 0 Å². The number of aromatic hydroxyl groups is 1. The van der Waals surface area contributed by atoms with Gasteiger partial charge in [0, 0.05) is 43.5 Å². The molecule has 0 radical (unpaired) electrons. The second kappa shape index (κ2) is 4.19. The van der Waals surface area contributed by atoms with Gasteiger partial charge in [-0.15, -0.1) is 0 Å². The molecule has 0 aliphatic carbocycles. The summed E-state index contributed by atoms with van der Waals surface area (Å²) in [7, 11) is 3.85. The second-order valence-corrected chi connectivity index (χ2v) is 5.06. The van der Waals surface area contributed by atoms with Gasteiger partial charge in [0.2, 0.25) is 0 Å². The normalized spacial score (nSPS) is 14.5. The molecule has 19 heavy (non-hydrogen) atoms. The Kier molecular flexibility index (Phi) is 2.62. The number of aryl methyl sites for hydroxylation is 1. The molecule has 3 rings (SSSR count). The minimum atomic E-state index is 0.335. The van der Waals surface area contributed by atoms with Gasteiger partial charge in [-0.25, -0.2) is 0 Å². The number of phenols is 1. The molecule has 3 N–H and O–H groups in total. The first kappa shape index (κ1) is 11.9. The van der Waals surface area contributed by atoms with Crippen LogP contribution in [0.5, 0.6) is 5.75 Å². The Morgan fingerprint density at radius 1 is 1.32 bits per heavy atom. The van der Waals surface area contributed by atoms with Gasteiger partial charge in [0.1, 0.15) is 11.6 Å². The number of rotatable bonds is 1. The Morgan fingerprint density at radius 3 is 2.79 bits per heavy atom. The Hall–Kier alpha value is -2.17. The molecule has 5 heteroatoms. The van der Waals surface area contributed by atoms with Crippen LogP contribution in [0.15, 0.2) is 18.2 Å². The number of nitrogens with zero attached hydrogens (tertiary/aromatic N) is 3. The quantitative estimate of drug-likeness (QED) is 0.818. The summed E-state index contributed by atoms with van der Waals surface area (Å²) >= 11 is 0. The Morgan fingerprint density at radius 2 is 2.11 bits per heavy atom. The van der Waals surface area contributed by atoms with Gasteiger partial charge in [-0.2, -0.15) is 5.10 Å². The molecule has 5 nitrogen and oxygen atoms in total. The number of anilines is 2. The smallest absolute Gasteiger partial charge is 0.130 e. The number of fused-ring (bicyclic) bond motifs is 1. The molecule has 0 spiro atoms. The molecule has 1 aromatic carbocycles. The van der Waals surface area contributed by atoms with E-state index in [0.29, 0.717) is 17.3 Å². The van der Waals surface area contributed by atoms with Gasteiger partial charge >= 0.3 is 0 Å². The van der Waals surface area contributed by atoms with Crippen LogP contribution in [0.1, 0.15) is 12.0 Å². The number of hydrogen-bond donors (Lipinski definition) is 2. The second-order valence-electron chi connectivity index (χ2n) is 5.06. The van der Waals surface area contributed by atoms with Gasteiger partial charge in [0.05, 0.1) is 5.69 Å². The molecule has 0 bridgehead atoms. The number of hydrogen-bond acceptors (Lipinski definition) is 4. The molecule has 0 saturated heterocycles. The number of nitrogen functional groups attached to an aromatic ring is 1. The molecule has 1 aromatic heterocycles. The van der Waals surface area contributed by atoms with Crippen molar-refractivity contribution < 1.29 is 5.11 Å². The topological polar surface area (TPSA) is 67.3 Å². The fourth-order valence-corrected chi connectivity index (χ4v) is 2.66. The van der Waals surface area contributed by atoms with Crippen molar-refractivity contribution >= 4 is 11.5 Å². The van der Waals surface area contributed by atoms with Crippen LogP contribution in [-0.4, -0.2) is 28.5 Å². The zero-order valence-corrected chi connectivity index (χ0v) is 11.2. The van der Waals surface area contributed by atoms with E-state index in [1.54, 1.807) is 17.8 Å². The molecule has 2 aromatic rings. The SMILES string of the molecule is CN1CCCc2c1ccc(-c1cc(N)n(C)n1)c2O. The highest BCUT2D eigenvalue weighted by Crippen LogP contribution is 2.39. The molecule has 0 fully saturated rings. The van der Waals surface area contributed by atoms with E-state index in [0.717, 1.165) is 36.2 Å². The van der Waals surface area contributed by atoms with Gasteiger partial charge in [0.15, 0.2) is 0 Å². The van der Waals surface area contributed by atoms with Crippen molar-refractivity contribution in [3.8, 4) is 17.0 Å². The maximum absolute atomic E-state index is 10.5. The fraction of sp³-hybridized carbons (Fsp3) is 0.357. The maximum Gasteiger partial charge on any atom is 0.130 e. The van der Waals surface area contributed by atoms with E-state index >= 15 is 0 Å². The summed E-state index contributed by atoms with van der Waals surface area (Å²) in [5.74, 6) is 0.923. The lowest BCUT2D eigenvalue weighted by Gasteiger charge is -2.28. The van der Waals surface area contributed by atoms with E-state index in [4.69, 9.17) is 5.73 Å². The minimum Gasteiger partial charge on any atom is -0.507 e. The highest BCUT2D eigenvalue weighted by molar-refractivity contribution is 5.76. The van der Waals surface area contributed by atoms with Crippen LogP contribution in [0.4, 0.5) is 11.5 Å². The maximum atomic E-state index is 10.5. The Labute approximate surface area is 112 Å². The summed E-state index contributed by atoms with van der Waals surface area (Å²) < 4.78 is 1.61. The summed E-state index contributed by atoms with van der Waals surface area (Å²) in [5, 5.41) is 14.8. The van der Waals surface area contributed by atoms with Crippen molar-refractivity contribution in [3.05, 3.63) is 23.8 Å². The van der Waals surface area contributed by atoms with Gasteiger partial charge < -0.3 is 15.7 Å². The number of phenolic OH excluding ortho intramolecular Hbond substituents is 1. The highest BCUT2D eigenvalue weighted by atomic mass is 16.3. The van der Waals surface area contributed by atoms with Crippen molar-refractivity contribution in [2.24, 2.45) is 7.05 Å². The molecule has 1 aliphatic rings. The van der Waals surface area contributed by atoms with E-state index in [1.165, 1.54) is 0 Å². The van der Waals surface area contributed by atoms with E-state index < -0.39 is 0 Å². The number of aromatic nitrogens is 2. The molecule has 0 unspecified atom stereocenters. The van der Waals surface area contributed by atoms with Crippen LogP contribution in [-0.2, 0) is 13.5 Å². The van der Waals surface area contributed by atoms with Crippen LogP contribution >= 0.6 is 0 Å². The zero-order chi connectivity index (χ0) is 13.6. The number of nitrogens with two attached hydrogens (primary N) is 1.